The summed E-state index contributed by atoms with van der Waals surface area (Å²) in [5.74, 6) is -0.366. The quantitative estimate of drug-likeness (QED) is 0.533. The van der Waals surface area contributed by atoms with Crippen molar-refractivity contribution in [2.75, 3.05) is 19.0 Å². The lowest BCUT2D eigenvalue weighted by Gasteiger charge is -2.10. The lowest BCUT2D eigenvalue weighted by molar-refractivity contribution is -0.120. The third-order valence-corrected chi connectivity index (χ3v) is 3.57. The van der Waals surface area contributed by atoms with Gasteiger partial charge in [0.25, 0.3) is 5.91 Å². The number of nitrogens with one attached hydrogen (secondary N) is 1. The number of aryl methyl sites for hydroxylation is 1. The van der Waals surface area contributed by atoms with Crippen molar-refractivity contribution in [2.24, 2.45) is 5.16 Å². The van der Waals surface area contributed by atoms with Crippen molar-refractivity contribution in [3.05, 3.63) is 52.5 Å². The fourth-order valence-corrected chi connectivity index (χ4v) is 2.33. The molecule has 0 saturated carbocycles. The van der Waals surface area contributed by atoms with Gasteiger partial charge in [-0.15, -0.1) is 0 Å². The highest BCUT2D eigenvalue weighted by Gasteiger charge is 2.10. The van der Waals surface area contributed by atoms with Crippen molar-refractivity contribution in [1.29, 1.82) is 0 Å². The summed E-state index contributed by atoms with van der Waals surface area (Å²) in [5, 5.41) is 6.93. The second-order valence-corrected chi connectivity index (χ2v) is 5.74. The number of benzene rings is 2. The number of ether oxygens (including phenoxy) is 2. The number of halogens is 3. The van der Waals surface area contributed by atoms with Crippen LogP contribution >= 0.6 is 11.6 Å². The lowest BCUT2D eigenvalue weighted by Crippen LogP contribution is -2.17. The number of carbonyl (C=O) groups is 1. The standard InChI is InChI=1S/C18H17ClF2N2O4/c1-11-7-13(19)4-5-14(11)23-17(24)10-26-22-9-12-3-6-15(27-18(20)21)16(8-12)25-2/h3-9,18H,10H2,1-2H3,(H,23,24)/b22-9-. The van der Waals surface area contributed by atoms with E-state index in [0.29, 0.717) is 16.3 Å². The SMILES string of the molecule is COc1cc(/C=N\OCC(=O)Nc2ccc(Cl)cc2C)ccc1OC(F)F. The number of rotatable bonds is 8. The van der Waals surface area contributed by atoms with Gasteiger partial charge in [-0.05, 0) is 48.9 Å². The number of hydrogen-bond acceptors (Lipinski definition) is 5. The predicted molar refractivity (Wildman–Crippen MR) is 98.0 cm³/mol. The fraction of sp³-hybridized carbons (Fsp3) is 0.222. The van der Waals surface area contributed by atoms with Crippen LogP contribution in [0, 0.1) is 6.92 Å². The van der Waals surface area contributed by atoms with E-state index in [0.717, 1.165) is 5.56 Å². The zero-order valence-corrected chi connectivity index (χ0v) is 15.3. The second kappa shape index (κ2) is 9.72. The van der Waals surface area contributed by atoms with Crippen LogP contribution in [0.25, 0.3) is 0 Å². The van der Waals surface area contributed by atoms with Gasteiger partial charge in [0.1, 0.15) is 0 Å². The van der Waals surface area contributed by atoms with Gasteiger partial charge in [-0.2, -0.15) is 8.78 Å². The van der Waals surface area contributed by atoms with Gasteiger partial charge in [0, 0.05) is 16.3 Å². The molecule has 0 saturated heterocycles. The van der Waals surface area contributed by atoms with Crippen LogP contribution in [0.2, 0.25) is 5.02 Å². The summed E-state index contributed by atoms with van der Waals surface area (Å²) in [6.07, 6.45) is 1.31. The predicted octanol–water partition coefficient (Wildman–Crippen LogP) is 4.25. The van der Waals surface area contributed by atoms with E-state index in [1.54, 1.807) is 18.2 Å². The number of nitrogens with zero attached hydrogens (tertiary/aromatic N) is 1. The summed E-state index contributed by atoms with van der Waals surface area (Å²) in [5.41, 5.74) is 1.95. The number of methoxy groups -OCH3 is 1. The average Bonchev–Trinajstić information content (AvgIpc) is 2.61. The Balaban J connectivity index is 1.88. The van der Waals surface area contributed by atoms with E-state index in [4.69, 9.17) is 21.2 Å². The van der Waals surface area contributed by atoms with Crippen LogP contribution in [0.15, 0.2) is 41.6 Å². The summed E-state index contributed by atoms with van der Waals surface area (Å²) in [7, 11) is 1.33. The van der Waals surface area contributed by atoms with Gasteiger partial charge in [0.05, 0.1) is 13.3 Å². The maximum Gasteiger partial charge on any atom is 0.387 e. The van der Waals surface area contributed by atoms with Crippen molar-refractivity contribution >= 4 is 29.4 Å². The third kappa shape index (κ3) is 6.41. The Morgan fingerprint density at radius 3 is 2.70 bits per heavy atom. The monoisotopic (exact) mass is 398 g/mol. The highest BCUT2D eigenvalue weighted by molar-refractivity contribution is 6.30. The molecule has 9 heteroatoms. The van der Waals surface area contributed by atoms with E-state index in [1.165, 1.54) is 31.5 Å². The Morgan fingerprint density at radius 2 is 2.04 bits per heavy atom. The van der Waals surface area contributed by atoms with E-state index >= 15 is 0 Å². The molecular formula is C18H17ClF2N2O4. The first-order valence-electron chi connectivity index (χ1n) is 7.73. The molecule has 0 aromatic heterocycles. The van der Waals surface area contributed by atoms with Gasteiger partial charge < -0.3 is 19.6 Å². The minimum absolute atomic E-state index is 0.0942. The normalized spacial score (nSPS) is 10.9. The van der Waals surface area contributed by atoms with Crippen LogP contribution in [0.4, 0.5) is 14.5 Å². The molecule has 2 rings (SSSR count). The van der Waals surface area contributed by atoms with Gasteiger partial charge in [-0.25, -0.2) is 0 Å². The van der Waals surface area contributed by atoms with Gasteiger partial charge in [0.15, 0.2) is 18.1 Å². The summed E-state index contributed by atoms with van der Waals surface area (Å²) in [6, 6.07) is 9.34. The van der Waals surface area contributed by atoms with Crippen molar-refractivity contribution < 1.29 is 27.9 Å². The molecule has 0 aliphatic carbocycles. The first-order chi connectivity index (χ1) is 12.9. The highest BCUT2D eigenvalue weighted by atomic mass is 35.5. The average molecular weight is 399 g/mol. The van der Waals surface area contributed by atoms with Crippen molar-refractivity contribution in [3.8, 4) is 11.5 Å². The van der Waals surface area contributed by atoms with E-state index in [1.807, 2.05) is 6.92 Å². The number of hydrogen-bond donors (Lipinski definition) is 1. The molecule has 1 amide bonds. The maximum absolute atomic E-state index is 12.3. The zero-order chi connectivity index (χ0) is 19.8. The van der Waals surface area contributed by atoms with Gasteiger partial charge in [-0.1, -0.05) is 16.8 Å². The molecule has 0 heterocycles. The summed E-state index contributed by atoms with van der Waals surface area (Å²) in [6.45, 7) is -1.44. The zero-order valence-electron chi connectivity index (χ0n) is 14.5. The Labute approximate surface area is 159 Å². The largest absolute Gasteiger partial charge is 0.493 e. The topological polar surface area (TPSA) is 69.2 Å². The van der Waals surface area contributed by atoms with E-state index in [9.17, 15) is 13.6 Å². The molecule has 0 bridgehead atoms. The van der Waals surface area contributed by atoms with Crippen LogP contribution in [-0.2, 0) is 9.63 Å². The van der Waals surface area contributed by atoms with E-state index < -0.39 is 12.5 Å². The number of anilines is 1. The van der Waals surface area contributed by atoms with Crippen LogP contribution < -0.4 is 14.8 Å². The van der Waals surface area contributed by atoms with Crippen molar-refractivity contribution in [1.82, 2.24) is 0 Å². The third-order valence-electron chi connectivity index (χ3n) is 3.34. The minimum atomic E-state index is -2.95. The molecule has 0 aliphatic heterocycles. The molecule has 2 aromatic carbocycles. The maximum atomic E-state index is 12.3. The Bertz CT molecular complexity index is 831. The Morgan fingerprint density at radius 1 is 1.26 bits per heavy atom. The molecule has 2 aromatic rings. The first kappa shape index (κ1) is 20.4. The number of oxime groups is 1. The molecule has 27 heavy (non-hydrogen) atoms. The molecular weight excluding hydrogens is 382 g/mol. The molecule has 0 aliphatic rings. The summed E-state index contributed by atoms with van der Waals surface area (Å²) >= 11 is 5.86. The highest BCUT2D eigenvalue weighted by Crippen LogP contribution is 2.28. The molecule has 6 nitrogen and oxygen atoms in total. The Hall–Kier alpha value is -2.87. The number of carbonyl (C=O) groups excluding carboxylic acids is 1. The molecule has 0 fully saturated rings. The summed E-state index contributed by atoms with van der Waals surface area (Å²) in [4.78, 5) is 16.8. The second-order valence-electron chi connectivity index (χ2n) is 5.30. The molecule has 144 valence electrons. The Kier molecular flexibility index (Phi) is 7.36. The minimum Gasteiger partial charge on any atom is -0.493 e. The van der Waals surface area contributed by atoms with Gasteiger partial charge in [-0.3, -0.25) is 4.79 Å². The lowest BCUT2D eigenvalue weighted by atomic mass is 10.2. The molecule has 0 unspecified atom stereocenters. The van der Waals surface area contributed by atoms with Crippen LogP contribution in [0.1, 0.15) is 11.1 Å². The number of alkyl halides is 2. The van der Waals surface area contributed by atoms with Gasteiger partial charge in [0.2, 0.25) is 0 Å². The molecule has 0 spiro atoms. The number of amides is 1. The fourth-order valence-electron chi connectivity index (χ4n) is 2.11. The molecule has 1 N–H and O–H groups in total. The first-order valence-corrected chi connectivity index (χ1v) is 8.11. The molecule has 0 atom stereocenters. The van der Waals surface area contributed by atoms with Crippen LogP contribution in [0.3, 0.4) is 0 Å². The van der Waals surface area contributed by atoms with Crippen molar-refractivity contribution in [3.63, 3.8) is 0 Å². The van der Waals surface area contributed by atoms with Crippen LogP contribution in [0.5, 0.6) is 11.5 Å². The van der Waals surface area contributed by atoms with Gasteiger partial charge >= 0.3 is 6.61 Å². The molecule has 0 radical (unpaired) electrons. The van der Waals surface area contributed by atoms with Crippen molar-refractivity contribution in [2.45, 2.75) is 13.5 Å². The van der Waals surface area contributed by atoms with E-state index in [-0.39, 0.29) is 18.1 Å². The summed E-state index contributed by atoms with van der Waals surface area (Å²) < 4.78 is 33.9. The van der Waals surface area contributed by atoms with Crippen LogP contribution in [-0.4, -0.2) is 32.4 Å². The smallest absolute Gasteiger partial charge is 0.387 e. The van der Waals surface area contributed by atoms with E-state index in [2.05, 4.69) is 15.2 Å².